The third-order valence-corrected chi connectivity index (χ3v) is 4.67. The van der Waals surface area contributed by atoms with Gasteiger partial charge in [0.1, 0.15) is 0 Å². The molecule has 1 heterocycles. The molecule has 2 rings (SSSR count). The Kier molecular flexibility index (Phi) is 3.55. The van der Waals surface area contributed by atoms with Gasteiger partial charge in [-0.25, -0.2) is 0 Å². The number of fused-ring (bicyclic) bond motifs is 1. The summed E-state index contributed by atoms with van der Waals surface area (Å²) in [6.45, 7) is 0.296. The quantitative estimate of drug-likeness (QED) is 0.605. The van der Waals surface area contributed by atoms with E-state index in [1.807, 2.05) is 12.1 Å². The third-order valence-electron chi connectivity index (χ3n) is 2.47. The van der Waals surface area contributed by atoms with Crippen molar-refractivity contribution < 1.29 is 8.30 Å². The normalized spacial score (nSPS) is 9.82. The Bertz CT molecular complexity index is 628. The molecule has 0 bridgehead atoms. The van der Waals surface area contributed by atoms with Crippen LogP contribution in [-0.4, -0.2) is 21.3 Å². The standard InChI is InChI=1S/C14H12NOSe/c1-4-6-13-12-10-11(16-9-5-2)7-8-14(12)17-15(13)3/h1-2,7-8,10H,6,9H2,3H3/q+1. The fraction of sp³-hybridized carbons (Fsp3) is 0.214. The van der Waals surface area contributed by atoms with E-state index in [4.69, 9.17) is 17.6 Å². The summed E-state index contributed by atoms with van der Waals surface area (Å²) in [4.78, 5) is 0. The van der Waals surface area contributed by atoms with Crippen LogP contribution in [0.3, 0.4) is 0 Å². The molecule has 17 heavy (non-hydrogen) atoms. The Labute approximate surface area is 107 Å². The van der Waals surface area contributed by atoms with Gasteiger partial charge in [0.25, 0.3) is 0 Å². The SMILES string of the molecule is C#CCOc1ccc2[se][n+](C)c(CC#C)c2c1. The molecule has 1 aromatic heterocycles. The van der Waals surface area contributed by atoms with Crippen LogP contribution in [0.15, 0.2) is 18.2 Å². The summed E-state index contributed by atoms with van der Waals surface area (Å²) in [6, 6.07) is 6.09. The van der Waals surface area contributed by atoms with Crippen molar-refractivity contribution in [2.24, 2.45) is 7.05 Å². The second kappa shape index (κ2) is 5.11. The van der Waals surface area contributed by atoms with Gasteiger partial charge in [-0.3, -0.25) is 0 Å². The number of terminal acetylenes is 2. The topological polar surface area (TPSA) is 13.1 Å². The Morgan fingerprint density at radius 2 is 2.18 bits per heavy atom. The summed E-state index contributed by atoms with van der Waals surface area (Å²) in [5.41, 5.74) is 1.20. The summed E-state index contributed by atoms with van der Waals surface area (Å²) in [6.07, 6.45) is 11.2. The molecule has 0 amide bonds. The van der Waals surface area contributed by atoms with Crippen LogP contribution in [0.4, 0.5) is 0 Å². The zero-order valence-corrected chi connectivity index (χ0v) is 11.3. The number of nitrogens with zero attached hydrogens (tertiary/aromatic N) is 1. The van der Waals surface area contributed by atoms with Crippen LogP contribution in [0.1, 0.15) is 5.69 Å². The van der Waals surface area contributed by atoms with Crippen molar-refractivity contribution in [3.05, 3.63) is 23.9 Å². The van der Waals surface area contributed by atoms with Gasteiger partial charge in [-0.15, -0.1) is 0 Å². The molecular weight excluding hydrogens is 277 g/mol. The van der Waals surface area contributed by atoms with Gasteiger partial charge in [0.15, 0.2) is 0 Å². The molecule has 2 aromatic rings. The van der Waals surface area contributed by atoms with Crippen LogP contribution in [0.25, 0.3) is 9.65 Å². The van der Waals surface area contributed by atoms with Crippen LogP contribution in [0, 0.1) is 24.7 Å². The summed E-state index contributed by atoms with van der Waals surface area (Å²) in [5, 5.41) is 1.21. The molecule has 3 heteroatoms. The summed E-state index contributed by atoms with van der Waals surface area (Å²) >= 11 is 0.326. The molecule has 0 saturated heterocycles. The molecule has 0 aliphatic carbocycles. The molecule has 0 radical (unpaired) electrons. The van der Waals surface area contributed by atoms with E-state index in [-0.39, 0.29) is 0 Å². The van der Waals surface area contributed by atoms with Crippen molar-refractivity contribution in [2.75, 3.05) is 6.61 Å². The number of ether oxygens (including phenoxy) is 1. The first-order valence-electron chi connectivity index (χ1n) is 5.18. The van der Waals surface area contributed by atoms with Crippen molar-refractivity contribution in [2.45, 2.75) is 6.42 Å². The van der Waals surface area contributed by atoms with Crippen molar-refractivity contribution in [3.63, 3.8) is 0 Å². The van der Waals surface area contributed by atoms with E-state index in [0.29, 0.717) is 27.8 Å². The number of aryl methyl sites for hydroxylation is 1. The van der Waals surface area contributed by atoms with E-state index in [1.165, 1.54) is 15.3 Å². The molecule has 0 aliphatic rings. The molecule has 0 atom stereocenters. The van der Waals surface area contributed by atoms with Crippen molar-refractivity contribution in [3.8, 4) is 30.4 Å². The zero-order chi connectivity index (χ0) is 12.3. The summed E-state index contributed by atoms with van der Waals surface area (Å²) in [5.74, 6) is 5.97. The third kappa shape index (κ3) is 2.37. The Morgan fingerprint density at radius 3 is 2.88 bits per heavy atom. The molecular formula is C14H12NOSe+. The van der Waals surface area contributed by atoms with Gasteiger partial charge >= 0.3 is 107 Å². The molecule has 1 aromatic carbocycles. The minimum absolute atomic E-state index is 0.296. The fourth-order valence-electron chi connectivity index (χ4n) is 1.70. The molecule has 0 spiro atoms. The maximum atomic E-state index is 5.43. The number of rotatable bonds is 3. The predicted molar refractivity (Wildman–Crippen MR) is 68.9 cm³/mol. The molecule has 0 fully saturated rings. The van der Waals surface area contributed by atoms with Crippen molar-refractivity contribution >= 4 is 24.4 Å². The molecule has 0 aliphatic heterocycles. The first-order chi connectivity index (χ1) is 8.26. The van der Waals surface area contributed by atoms with Gasteiger partial charge in [-0.2, -0.15) is 0 Å². The predicted octanol–water partition coefficient (Wildman–Crippen LogP) is 0.909. The summed E-state index contributed by atoms with van der Waals surface area (Å²) < 4.78 is 9.01. The van der Waals surface area contributed by atoms with Gasteiger partial charge in [0, 0.05) is 0 Å². The van der Waals surface area contributed by atoms with E-state index in [1.54, 1.807) is 0 Å². The molecule has 0 unspecified atom stereocenters. The first kappa shape index (κ1) is 11.8. The molecule has 2 nitrogen and oxygen atoms in total. The second-order valence-electron chi connectivity index (χ2n) is 3.57. The first-order valence-corrected chi connectivity index (χ1v) is 6.80. The fourth-order valence-corrected chi connectivity index (χ4v) is 3.74. The monoisotopic (exact) mass is 290 g/mol. The van der Waals surface area contributed by atoms with Crippen molar-refractivity contribution in [1.82, 2.24) is 0 Å². The molecule has 84 valence electrons. The van der Waals surface area contributed by atoms with Gasteiger partial charge in [0.05, 0.1) is 0 Å². The van der Waals surface area contributed by atoms with E-state index in [9.17, 15) is 0 Å². The van der Waals surface area contributed by atoms with Crippen molar-refractivity contribution in [1.29, 1.82) is 0 Å². The van der Waals surface area contributed by atoms with Crippen LogP contribution < -0.4 is 8.30 Å². The molecule has 0 saturated carbocycles. The Balaban J connectivity index is 2.48. The van der Waals surface area contributed by atoms with Gasteiger partial charge in [-0.1, -0.05) is 0 Å². The average molecular weight is 289 g/mol. The van der Waals surface area contributed by atoms with Crippen LogP contribution in [0.5, 0.6) is 5.75 Å². The summed E-state index contributed by atoms with van der Waals surface area (Å²) in [7, 11) is 2.08. The van der Waals surface area contributed by atoms with E-state index in [2.05, 4.69) is 28.5 Å². The van der Waals surface area contributed by atoms with E-state index >= 15 is 0 Å². The second-order valence-corrected chi connectivity index (χ2v) is 6.02. The number of hydrogen-bond acceptors (Lipinski definition) is 1. The number of aromatic nitrogens is 1. The molecule has 0 N–H and O–H groups in total. The Morgan fingerprint density at radius 1 is 1.35 bits per heavy atom. The van der Waals surface area contributed by atoms with Gasteiger partial charge < -0.3 is 0 Å². The average Bonchev–Trinajstić information content (AvgIpc) is 2.64. The number of benzene rings is 1. The van der Waals surface area contributed by atoms with Crippen LogP contribution >= 0.6 is 0 Å². The minimum atomic E-state index is 0.296. The van der Waals surface area contributed by atoms with E-state index in [0.717, 1.165) is 5.75 Å². The van der Waals surface area contributed by atoms with Gasteiger partial charge in [-0.05, 0) is 0 Å². The van der Waals surface area contributed by atoms with Crippen LogP contribution in [0.2, 0.25) is 0 Å². The van der Waals surface area contributed by atoms with E-state index < -0.39 is 0 Å². The Hall–Kier alpha value is -1.67. The number of hydrogen-bond donors (Lipinski definition) is 0. The van der Waals surface area contributed by atoms with Gasteiger partial charge in [0.2, 0.25) is 0 Å². The maximum absolute atomic E-state index is 5.43. The van der Waals surface area contributed by atoms with Crippen LogP contribution in [-0.2, 0) is 13.5 Å². The zero-order valence-electron chi connectivity index (χ0n) is 9.56.